The summed E-state index contributed by atoms with van der Waals surface area (Å²) in [5, 5.41) is 6.48. The molecule has 0 saturated heterocycles. The van der Waals surface area contributed by atoms with Gasteiger partial charge in [0.05, 0.1) is 17.2 Å². The lowest BCUT2D eigenvalue weighted by Crippen LogP contribution is -2.33. The van der Waals surface area contributed by atoms with E-state index in [1.165, 1.54) is 0 Å². The van der Waals surface area contributed by atoms with Crippen LogP contribution in [0.2, 0.25) is 5.02 Å². The normalized spacial score (nSPS) is 9.84. The Balaban J connectivity index is 0.00000324. The van der Waals surface area contributed by atoms with Gasteiger partial charge in [-0.25, -0.2) is 0 Å². The summed E-state index contributed by atoms with van der Waals surface area (Å²) < 4.78 is 4.90. The summed E-state index contributed by atoms with van der Waals surface area (Å²) in [6.45, 7) is 4.59. The molecule has 0 aliphatic carbocycles. The second kappa shape index (κ2) is 10.0. The van der Waals surface area contributed by atoms with Crippen molar-refractivity contribution in [3.63, 3.8) is 0 Å². The average Bonchev–Trinajstić information content (AvgIpc) is 2.36. The zero-order valence-electron chi connectivity index (χ0n) is 11.2. The lowest BCUT2D eigenvalue weighted by Gasteiger charge is -2.08. The van der Waals surface area contributed by atoms with Gasteiger partial charge < -0.3 is 15.4 Å². The van der Waals surface area contributed by atoms with Crippen LogP contribution in [0.4, 0.5) is 0 Å². The van der Waals surface area contributed by atoms with E-state index in [4.69, 9.17) is 16.3 Å². The number of carbonyl (C=O) groups is 1. The number of hydrogen-bond donors (Lipinski definition) is 2. The minimum absolute atomic E-state index is 0. The summed E-state index contributed by atoms with van der Waals surface area (Å²) in [5.41, 5.74) is 1.43. The van der Waals surface area contributed by atoms with Crippen molar-refractivity contribution >= 4 is 29.9 Å². The molecule has 4 nitrogen and oxygen atoms in total. The van der Waals surface area contributed by atoms with Crippen molar-refractivity contribution in [1.29, 1.82) is 0 Å². The predicted molar refractivity (Wildman–Crippen MR) is 80.5 cm³/mol. The molecular weight excluding hydrogens is 287 g/mol. The van der Waals surface area contributed by atoms with Crippen LogP contribution < -0.4 is 10.6 Å². The molecule has 0 fully saturated rings. The summed E-state index contributed by atoms with van der Waals surface area (Å²) in [6, 6.07) is 5.43. The van der Waals surface area contributed by atoms with Gasteiger partial charge in [-0.2, -0.15) is 0 Å². The van der Waals surface area contributed by atoms with E-state index in [9.17, 15) is 4.79 Å². The van der Waals surface area contributed by atoms with Crippen molar-refractivity contribution in [2.45, 2.75) is 6.92 Å². The first kappa shape index (κ1) is 18.2. The van der Waals surface area contributed by atoms with Gasteiger partial charge >= 0.3 is 0 Å². The quantitative estimate of drug-likeness (QED) is 0.758. The minimum Gasteiger partial charge on any atom is -0.383 e. The SMILES string of the molecule is COCCNCCNC(=O)c1cccc(C)c1Cl.Cl. The first-order valence-corrected chi connectivity index (χ1v) is 6.27. The summed E-state index contributed by atoms with van der Waals surface area (Å²) in [4.78, 5) is 11.9. The molecule has 0 bridgehead atoms. The molecule has 0 spiro atoms. The van der Waals surface area contributed by atoms with Gasteiger partial charge in [0.2, 0.25) is 0 Å². The first-order chi connectivity index (χ1) is 8.66. The molecule has 19 heavy (non-hydrogen) atoms. The molecule has 0 atom stereocenters. The van der Waals surface area contributed by atoms with Gasteiger partial charge in [0.15, 0.2) is 0 Å². The molecule has 2 N–H and O–H groups in total. The Labute approximate surface area is 125 Å². The number of hydrogen-bond acceptors (Lipinski definition) is 3. The standard InChI is InChI=1S/C13H19ClN2O2.ClH/c1-10-4-3-5-11(12(10)14)13(17)16-7-6-15-8-9-18-2;/h3-5,15H,6-9H2,1-2H3,(H,16,17);1H. The Morgan fingerprint density at radius 1 is 1.32 bits per heavy atom. The molecule has 0 aliphatic rings. The van der Waals surface area contributed by atoms with E-state index in [-0.39, 0.29) is 18.3 Å². The number of benzene rings is 1. The molecule has 0 aromatic heterocycles. The predicted octanol–water partition coefficient (Wildman–Crippen LogP) is 2.04. The number of rotatable bonds is 7. The van der Waals surface area contributed by atoms with E-state index >= 15 is 0 Å². The fourth-order valence-electron chi connectivity index (χ4n) is 1.48. The van der Waals surface area contributed by atoms with E-state index in [0.717, 1.165) is 12.1 Å². The third-order valence-corrected chi connectivity index (χ3v) is 3.01. The molecule has 0 heterocycles. The fourth-order valence-corrected chi connectivity index (χ4v) is 1.69. The van der Waals surface area contributed by atoms with Crippen LogP contribution in [-0.4, -0.2) is 39.3 Å². The van der Waals surface area contributed by atoms with Crippen LogP contribution in [0.3, 0.4) is 0 Å². The molecule has 108 valence electrons. The molecule has 6 heteroatoms. The van der Waals surface area contributed by atoms with Crippen LogP contribution in [0.1, 0.15) is 15.9 Å². The highest BCUT2D eigenvalue weighted by atomic mass is 35.5. The highest BCUT2D eigenvalue weighted by Gasteiger charge is 2.10. The second-order valence-corrected chi connectivity index (χ2v) is 4.31. The number of ether oxygens (including phenoxy) is 1. The molecule has 1 aromatic rings. The largest absolute Gasteiger partial charge is 0.383 e. The Morgan fingerprint density at radius 3 is 2.74 bits per heavy atom. The highest BCUT2D eigenvalue weighted by molar-refractivity contribution is 6.34. The average molecular weight is 307 g/mol. The van der Waals surface area contributed by atoms with Crippen LogP contribution in [0.5, 0.6) is 0 Å². The zero-order chi connectivity index (χ0) is 13.4. The number of methoxy groups -OCH3 is 1. The zero-order valence-corrected chi connectivity index (χ0v) is 12.7. The molecule has 1 aromatic carbocycles. The van der Waals surface area contributed by atoms with Crippen LogP contribution in [0.25, 0.3) is 0 Å². The third kappa shape index (κ3) is 6.25. The van der Waals surface area contributed by atoms with E-state index in [1.54, 1.807) is 13.2 Å². The summed E-state index contributed by atoms with van der Waals surface area (Å²) in [6.07, 6.45) is 0. The lowest BCUT2D eigenvalue weighted by atomic mass is 10.1. The summed E-state index contributed by atoms with van der Waals surface area (Å²) in [7, 11) is 1.66. The van der Waals surface area contributed by atoms with Crippen LogP contribution >= 0.6 is 24.0 Å². The van der Waals surface area contributed by atoms with Gasteiger partial charge in [-0.3, -0.25) is 4.79 Å². The number of halogens is 2. The van der Waals surface area contributed by atoms with E-state index in [2.05, 4.69) is 10.6 Å². The highest BCUT2D eigenvalue weighted by Crippen LogP contribution is 2.19. The van der Waals surface area contributed by atoms with Crippen molar-refractivity contribution in [2.75, 3.05) is 33.4 Å². The van der Waals surface area contributed by atoms with Crippen molar-refractivity contribution in [1.82, 2.24) is 10.6 Å². The maximum atomic E-state index is 11.9. The van der Waals surface area contributed by atoms with Gasteiger partial charge in [-0.05, 0) is 18.6 Å². The van der Waals surface area contributed by atoms with Crippen LogP contribution in [-0.2, 0) is 4.74 Å². The maximum absolute atomic E-state index is 11.9. The molecule has 1 amide bonds. The fraction of sp³-hybridized carbons (Fsp3) is 0.462. The van der Waals surface area contributed by atoms with Crippen molar-refractivity contribution in [3.05, 3.63) is 34.3 Å². The van der Waals surface area contributed by atoms with Crippen LogP contribution in [0, 0.1) is 6.92 Å². The Morgan fingerprint density at radius 2 is 2.05 bits per heavy atom. The first-order valence-electron chi connectivity index (χ1n) is 5.89. The van der Waals surface area contributed by atoms with Gasteiger partial charge in [0.1, 0.15) is 0 Å². The molecular formula is C13H20Cl2N2O2. The lowest BCUT2D eigenvalue weighted by molar-refractivity contribution is 0.0954. The Hall–Kier alpha value is -0.810. The van der Waals surface area contributed by atoms with Gasteiger partial charge in [0, 0.05) is 26.7 Å². The van der Waals surface area contributed by atoms with Gasteiger partial charge in [-0.1, -0.05) is 23.7 Å². The van der Waals surface area contributed by atoms with Gasteiger partial charge in [0.25, 0.3) is 5.91 Å². The molecule has 0 unspecified atom stereocenters. The van der Waals surface area contributed by atoms with Crippen molar-refractivity contribution in [2.24, 2.45) is 0 Å². The summed E-state index contributed by atoms with van der Waals surface area (Å²) in [5.74, 6) is -0.141. The van der Waals surface area contributed by atoms with E-state index < -0.39 is 0 Å². The molecule has 1 rings (SSSR count). The maximum Gasteiger partial charge on any atom is 0.252 e. The second-order valence-electron chi connectivity index (χ2n) is 3.94. The number of aryl methyl sites for hydroxylation is 1. The number of carbonyl (C=O) groups excluding carboxylic acids is 1. The van der Waals surface area contributed by atoms with Crippen molar-refractivity contribution < 1.29 is 9.53 Å². The summed E-state index contributed by atoms with van der Waals surface area (Å²) >= 11 is 6.08. The van der Waals surface area contributed by atoms with Gasteiger partial charge in [-0.15, -0.1) is 12.4 Å². The Bertz CT molecular complexity index is 400. The topological polar surface area (TPSA) is 50.4 Å². The molecule has 0 radical (unpaired) electrons. The third-order valence-electron chi connectivity index (χ3n) is 2.51. The minimum atomic E-state index is -0.141. The molecule has 0 saturated carbocycles. The van der Waals surface area contributed by atoms with E-state index in [1.807, 2.05) is 19.1 Å². The monoisotopic (exact) mass is 306 g/mol. The van der Waals surface area contributed by atoms with Crippen LogP contribution in [0.15, 0.2) is 18.2 Å². The number of amides is 1. The van der Waals surface area contributed by atoms with Crippen molar-refractivity contribution in [3.8, 4) is 0 Å². The molecule has 0 aliphatic heterocycles. The number of nitrogens with one attached hydrogen (secondary N) is 2. The smallest absolute Gasteiger partial charge is 0.252 e. The Kier molecular flexibility index (Phi) is 9.61. The van der Waals surface area contributed by atoms with E-state index in [0.29, 0.717) is 30.3 Å².